The molecule has 0 saturated carbocycles. The van der Waals surface area contributed by atoms with Gasteiger partial charge in [0.2, 0.25) is 0 Å². The maximum Gasteiger partial charge on any atom is -0.00773 e. The Morgan fingerprint density at radius 1 is 0.412 bits per heavy atom. The minimum absolute atomic E-state index is 0.242. The van der Waals surface area contributed by atoms with Crippen molar-refractivity contribution >= 4 is 0 Å². The fraction of sp³-hybridized carbons (Fsp3) is 0.455. The Morgan fingerprint density at radius 3 is 1.09 bits per heavy atom. The van der Waals surface area contributed by atoms with Gasteiger partial charge in [-0.25, -0.2) is 0 Å². The van der Waals surface area contributed by atoms with E-state index in [0.717, 1.165) is 25.8 Å². The van der Waals surface area contributed by atoms with Crippen molar-refractivity contribution in [1.29, 1.82) is 0 Å². The molecule has 0 aliphatic carbocycles. The molecule has 1 nitrogen and oxygen atoms in total. The van der Waals surface area contributed by atoms with Crippen molar-refractivity contribution in [2.24, 2.45) is 11.1 Å². The average Bonchev–Trinajstić information content (AvgIpc) is 2.87. The second-order valence-corrected chi connectivity index (χ2v) is 10.2. The van der Waals surface area contributed by atoms with Crippen LogP contribution >= 0.6 is 0 Å². The van der Waals surface area contributed by atoms with Crippen LogP contribution in [0.25, 0.3) is 0 Å². The minimum Gasteiger partial charge on any atom is -0.330 e. The van der Waals surface area contributed by atoms with Crippen LogP contribution in [0, 0.1) is 5.41 Å². The fourth-order valence-corrected chi connectivity index (χ4v) is 5.42. The van der Waals surface area contributed by atoms with E-state index in [1.807, 2.05) is 0 Å². The summed E-state index contributed by atoms with van der Waals surface area (Å²) in [4.78, 5) is 0. The molecule has 3 rings (SSSR count). The molecule has 0 aromatic heterocycles. The first kappa shape index (κ1) is 26.2. The third-order valence-corrected chi connectivity index (χ3v) is 7.18. The van der Waals surface area contributed by atoms with E-state index >= 15 is 0 Å². The summed E-state index contributed by atoms with van der Waals surface area (Å²) in [5.74, 6) is 0. The normalized spacial score (nSPS) is 11.6. The Bertz CT molecular complexity index is 771. The minimum atomic E-state index is 0.242. The molecule has 2 N–H and O–H groups in total. The van der Waals surface area contributed by atoms with E-state index in [2.05, 4.69) is 91.0 Å². The molecule has 182 valence electrons. The van der Waals surface area contributed by atoms with Crippen molar-refractivity contribution in [2.45, 2.75) is 83.5 Å². The lowest BCUT2D eigenvalue weighted by atomic mass is 9.69. The molecular weight excluding hydrogens is 410 g/mol. The van der Waals surface area contributed by atoms with E-state index < -0.39 is 0 Å². The standard InChI is InChI=1S/C33H45N/c34-26-18-7-5-3-1-2-4-6-17-25-33(27-30-19-11-8-12-20-30,28-31-21-13-9-14-22-31)29-32-23-15-10-16-24-32/h8-16,19-24H,1-7,17-18,25-29,34H2. The van der Waals surface area contributed by atoms with Gasteiger partial charge in [-0.05, 0) is 60.8 Å². The highest BCUT2D eigenvalue weighted by Crippen LogP contribution is 2.37. The molecule has 0 fully saturated rings. The number of hydrogen-bond acceptors (Lipinski definition) is 1. The van der Waals surface area contributed by atoms with Crippen LogP contribution in [0.5, 0.6) is 0 Å². The molecule has 1 heteroatoms. The van der Waals surface area contributed by atoms with Gasteiger partial charge in [-0.3, -0.25) is 0 Å². The monoisotopic (exact) mass is 455 g/mol. The summed E-state index contributed by atoms with van der Waals surface area (Å²) < 4.78 is 0. The summed E-state index contributed by atoms with van der Waals surface area (Å²) in [6.45, 7) is 0.844. The predicted octanol–water partition coefficient (Wildman–Crippen LogP) is 8.56. The first-order valence-electron chi connectivity index (χ1n) is 13.6. The molecule has 0 spiro atoms. The van der Waals surface area contributed by atoms with Gasteiger partial charge < -0.3 is 5.73 Å². The van der Waals surface area contributed by atoms with Gasteiger partial charge in [-0.1, -0.05) is 142 Å². The number of hydrogen-bond donors (Lipinski definition) is 1. The fourth-order valence-electron chi connectivity index (χ4n) is 5.42. The van der Waals surface area contributed by atoms with E-state index in [1.54, 1.807) is 0 Å². The SMILES string of the molecule is NCCCCCCCCCCCC(Cc1ccccc1)(Cc1ccccc1)Cc1ccccc1. The number of benzene rings is 3. The molecule has 0 aliphatic heterocycles. The predicted molar refractivity (Wildman–Crippen MR) is 148 cm³/mol. The van der Waals surface area contributed by atoms with Crippen molar-refractivity contribution in [2.75, 3.05) is 6.54 Å². The number of unbranched alkanes of at least 4 members (excludes halogenated alkanes) is 8. The Hall–Kier alpha value is -2.38. The van der Waals surface area contributed by atoms with Crippen LogP contribution < -0.4 is 5.73 Å². The largest absolute Gasteiger partial charge is 0.330 e. The van der Waals surface area contributed by atoms with Gasteiger partial charge in [0.15, 0.2) is 0 Å². The van der Waals surface area contributed by atoms with Gasteiger partial charge in [0, 0.05) is 0 Å². The molecular formula is C33H45N. The molecule has 34 heavy (non-hydrogen) atoms. The van der Waals surface area contributed by atoms with Crippen LogP contribution in [0.15, 0.2) is 91.0 Å². The highest BCUT2D eigenvalue weighted by atomic mass is 14.5. The van der Waals surface area contributed by atoms with Crippen LogP contribution in [0.3, 0.4) is 0 Å². The quantitative estimate of drug-likeness (QED) is 0.203. The Balaban J connectivity index is 1.65. The maximum atomic E-state index is 5.61. The first-order valence-corrected chi connectivity index (χ1v) is 13.6. The number of rotatable bonds is 17. The third-order valence-electron chi connectivity index (χ3n) is 7.18. The van der Waals surface area contributed by atoms with Gasteiger partial charge >= 0.3 is 0 Å². The molecule has 0 atom stereocenters. The van der Waals surface area contributed by atoms with Gasteiger partial charge in [0.05, 0.1) is 0 Å². The smallest absolute Gasteiger partial charge is 0.00773 e. The lowest BCUT2D eigenvalue weighted by Crippen LogP contribution is -2.30. The van der Waals surface area contributed by atoms with Crippen LogP contribution in [0.2, 0.25) is 0 Å². The Morgan fingerprint density at radius 2 is 0.735 bits per heavy atom. The summed E-state index contributed by atoms with van der Waals surface area (Å²) in [5, 5.41) is 0. The molecule has 0 heterocycles. The van der Waals surface area contributed by atoms with Gasteiger partial charge in [-0.15, -0.1) is 0 Å². The van der Waals surface area contributed by atoms with Gasteiger partial charge in [-0.2, -0.15) is 0 Å². The van der Waals surface area contributed by atoms with Crippen LogP contribution in [0.4, 0.5) is 0 Å². The van der Waals surface area contributed by atoms with Crippen molar-refractivity contribution < 1.29 is 0 Å². The maximum absolute atomic E-state index is 5.61. The topological polar surface area (TPSA) is 26.0 Å². The molecule has 0 amide bonds. The van der Waals surface area contributed by atoms with Crippen molar-refractivity contribution in [3.8, 4) is 0 Å². The number of nitrogens with two attached hydrogens (primary N) is 1. The van der Waals surface area contributed by atoms with Crippen LogP contribution in [-0.2, 0) is 19.3 Å². The summed E-state index contributed by atoms with van der Waals surface area (Å²) in [6, 6.07) is 33.5. The van der Waals surface area contributed by atoms with E-state index in [0.29, 0.717) is 0 Å². The van der Waals surface area contributed by atoms with Crippen LogP contribution in [-0.4, -0.2) is 6.54 Å². The molecule has 0 aliphatic rings. The highest BCUT2D eigenvalue weighted by Gasteiger charge is 2.30. The van der Waals surface area contributed by atoms with E-state index in [-0.39, 0.29) is 5.41 Å². The van der Waals surface area contributed by atoms with Gasteiger partial charge in [0.1, 0.15) is 0 Å². The summed E-state index contributed by atoms with van der Waals surface area (Å²) in [6.07, 6.45) is 16.7. The first-order chi connectivity index (χ1) is 16.8. The average molecular weight is 456 g/mol. The van der Waals surface area contributed by atoms with E-state index in [9.17, 15) is 0 Å². The molecule has 3 aromatic rings. The molecule has 0 unspecified atom stereocenters. The summed E-state index contributed by atoms with van der Waals surface area (Å²) in [7, 11) is 0. The van der Waals surface area contributed by atoms with E-state index in [4.69, 9.17) is 5.73 Å². The zero-order valence-electron chi connectivity index (χ0n) is 21.1. The van der Waals surface area contributed by atoms with Gasteiger partial charge in [0.25, 0.3) is 0 Å². The second-order valence-electron chi connectivity index (χ2n) is 10.2. The zero-order chi connectivity index (χ0) is 23.7. The van der Waals surface area contributed by atoms with Crippen molar-refractivity contribution in [3.05, 3.63) is 108 Å². The summed E-state index contributed by atoms with van der Waals surface area (Å²) >= 11 is 0. The Labute approximate surface area is 208 Å². The summed E-state index contributed by atoms with van der Waals surface area (Å²) in [5.41, 5.74) is 10.2. The third kappa shape index (κ3) is 9.85. The molecule has 0 saturated heterocycles. The lowest BCUT2D eigenvalue weighted by Gasteiger charge is -2.35. The van der Waals surface area contributed by atoms with Crippen molar-refractivity contribution in [1.82, 2.24) is 0 Å². The molecule has 0 bridgehead atoms. The lowest BCUT2D eigenvalue weighted by molar-refractivity contribution is 0.243. The second kappa shape index (κ2) is 15.5. The zero-order valence-corrected chi connectivity index (χ0v) is 21.1. The van der Waals surface area contributed by atoms with Crippen LogP contribution in [0.1, 0.15) is 80.9 Å². The van der Waals surface area contributed by atoms with E-state index in [1.165, 1.54) is 80.9 Å². The highest BCUT2D eigenvalue weighted by molar-refractivity contribution is 5.24. The van der Waals surface area contributed by atoms with Crippen molar-refractivity contribution in [3.63, 3.8) is 0 Å². The Kier molecular flexibility index (Phi) is 12.0. The molecule has 3 aromatic carbocycles. The molecule has 0 radical (unpaired) electrons.